The molecule has 0 aliphatic carbocycles. The molecule has 3 nitrogen and oxygen atoms in total. The Morgan fingerprint density at radius 3 is 2.71 bits per heavy atom. The number of hydrogen-bond acceptors (Lipinski definition) is 3. The number of nitrogens with zero attached hydrogens (tertiary/aromatic N) is 1. The zero-order valence-electron chi connectivity index (χ0n) is 11.1. The van der Waals surface area contributed by atoms with Crippen molar-refractivity contribution in [3.05, 3.63) is 29.3 Å². The van der Waals surface area contributed by atoms with Crippen molar-refractivity contribution < 1.29 is 9.53 Å². The number of aldehydes is 1. The number of hydrogen-bond donors (Lipinski definition) is 0. The first-order valence-corrected chi connectivity index (χ1v) is 5.95. The van der Waals surface area contributed by atoms with Crippen LogP contribution in [-0.4, -0.2) is 32.6 Å². The molecule has 0 radical (unpaired) electrons. The van der Waals surface area contributed by atoms with E-state index in [-0.39, 0.29) is 6.04 Å². The predicted octanol–water partition coefficient (Wildman–Crippen LogP) is 2.67. The van der Waals surface area contributed by atoms with Crippen LogP contribution in [0.25, 0.3) is 0 Å². The van der Waals surface area contributed by atoms with Crippen molar-refractivity contribution in [1.82, 2.24) is 0 Å². The van der Waals surface area contributed by atoms with Gasteiger partial charge < -0.3 is 9.64 Å². The average molecular weight is 235 g/mol. The number of carbonyl (C=O) groups excluding carboxylic acids is 1. The SMILES string of the molecule is CCN(c1ccc(C)cc1C=O)C(C)COC. The van der Waals surface area contributed by atoms with E-state index in [1.165, 1.54) is 0 Å². The third-order valence-electron chi connectivity index (χ3n) is 2.90. The van der Waals surface area contributed by atoms with Crippen LogP contribution in [-0.2, 0) is 4.74 Å². The van der Waals surface area contributed by atoms with Gasteiger partial charge in [-0.3, -0.25) is 4.79 Å². The Bertz CT molecular complexity index is 376. The van der Waals surface area contributed by atoms with E-state index in [0.717, 1.165) is 29.6 Å². The minimum absolute atomic E-state index is 0.256. The molecule has 0 heterocycles. The molecule has 0 aliphatic rings. The fourth-order valence-electron chi connectivity index (χ4n) is 2.08. The first-order valence-electron chi connectivity index (χ1n) is 5.95. The van der Waals surface area contributed by atoms with Gasteiger partial charge >= 0.3 is 0 Å². The number of methoxy groups -OCH3 is 1. The van der Waals surface area contributed by atoms with Crippen molar-refractivity contribution in [1.29, 1.82) is 0 Å². The van der Waals surface area contributed by atoms with Gasteiger partial charge in [-0.15, -0.1) is 0 Å². The van der Waals surface area contributed by atoms with Crippen molar-refractivity contribution in [2.75, 3.05) is 25.2 Å². The molecule has 1 rings (SSSR count). The molecular formula is C14H21NO2. The number of ether oxygens (including phenoxy) is 1. The molecule has 0 saturated heterocycles. The third-order valence-corrected chi connectivity index (χ3v) is 2.90. The molecule has 0 bridgehead atoms. The van der Waals surface area contributed by atoms with Gasteiger partial charge in [-0.05, 0) is 32.9 Å². The summed E-state index contributed by atoms with van der Waals surface area (Å²) < 4.78 is 5.18. The number of anilines is 1. The molecule has 0 aromatic heterocycles. The maximum atomic E-state index is 11.1. The molecule has 1 unspecified atom stereocenters. The second-order valence-electron chi connectivity index (χ2n) is 4.27. The Kier molecular flexibility index (Phi) is 5.16. The van der Waals surface area contributed by atoms with Crippen molar-refractivity contribution in [2.45, 2.75) is 26.8 Å². The monoisotopic (exact) mass is 235 g/mol. The molecule has 1 aromatic carbocycles. The molecule has 3 heteroatoms. The van der Waals surface area contributed by atoms with Crippen LogP contribution in [0.3, 0.4) is 0 Å². The van der Waals surface area contributed by atoms with Crippen LogP contribution in [0, 0.1) is 6.92 Å². The highest BCUT2D eigenvalue weighted by atomic mass is 16.5. The summed E-state index contributed by atoms with van der Waals surface area (Å²) in [5.74, 6) is 0. The van der Waals surface area contributed by atoms with E-state index in [1.54, 1.807) is 7.11 Å². The molecule has 1 aromatic rings. The van der Waals surface area contributed by atoms with Crippen LogP contribution in [0.5, 0.6) is 0 Å². The van der Waals surface area contributed by atoms with E-state index in [4.69, 9.17) is 4.74 Å². The molecule has 0 spiro atoms. The summed E-state index contributed by atoms with van der Waals surface area (Å²) in [6.45, 7) is 7.68. The Balaban J connectivity index is 3.06. The molecule has 94 valence electrons. The van der Waals surface area contributed by atoms with Crippen LogP contribution in [0.15, 0.2) is 18.2 Å². The van der Waals surface area contributed by atoms with Crippen LogP contribution < -0.4 is 4.90 Å². The van der Waals surface area contributed by atoms with Crippen LogP contribution in [0.4, 0.5) is 5.69 Å². The summed E-state index contributed by atoms with van der Waals surface area (Å²) >= 11 is 0. The molecule has 0 saturated carbocycles. The Morgan fingerprint density at radius 1 is 1.47 bits per heavy atom. The van der Waals surface area contributed by atoms with Crippen LogP contribution >= 0.6 is 0 Å². The Hall–Kier alpha value is -1.35. The normalized spacial score (nSPS) is 12.2. The zero-order chi connectivity index (χ0) is 12.8. The van der Waals surface area contributed by atoms with Gasteiger partial charge in [0, 0.05) is 30.9 Å². The lowest BCUT2D eigenvalue weighted by Gasteiger charge is -2.30. The number of rotatable bonds is 6. The summed E-state index contributed by atoms with van der Waals surface area (Å²) in [7, 11) is 1.69. The van der Waals surface area contributed by atoms with Crippen molar-refractivity contribution in [3.8, 4) is 0 Å². The molecule has 0 amide bonds. The van der Waals surface area contributed by atoms with E-state index >= 15 is 0 Å². The minimum atomic E-state index is 0.256. The van der Waals surface area contributed by atoms with Gasteiger partial charge in [0.2, 0.25) is 0 Å². The molecule has 17 heavy (non-hydrogen) atoms. The van der Waals surface area contributed by atoms with Gasteiger partial charge in [0.25, 0.3) is 0 Å². The third kappa shape index (κ3) is 3.30. The van der Waals surface area contributed by atoms with E-state index in [0.29, 0.717) is 6.61 Å². The van der Waals surface area contributed by atoms with Crippen molar-refractivity contribution in [2.24, 2.45) is 0 Å². The van der Waals surface area contributed by atoms with E-state index in [9.17, 15) is 4.79 Å². The van der Waals surface area contributed by atoms with Gasteiger partial charge in [0.05, 0.1) is 6.61 Å². The number of benzene rings is 1. The fraction of sp³-hybridized carbons (Fsp3) is 0.500. The first kappa shape index (κ1) is 13.7. The van der Waals surface area contributed by atoms with E-state index in [2.05, 4.69) is 18.7 Å². The quantitative estimate of drug-likeness (QED) is 0.710. The standard InChI is InChI=1S/C14H21NO2/c1-5-15(12(3)10-17-4)14-7-6-11(2)8-13(14)9-16/h6-9,12H,5,10H2,1-4H3. The number of likely N-dealkylation sites (N-methyl/N-ethyl adjacent to an activating group) is 1. The van der Waals surface area contributed by atoms with Crippen molar-refractivity contribution in [3.63, 3.8) is 0 Å². The summed E-state index contributed by atoms with van der Waals surface area (Å²) in [4.78, 5) is 13.3. The van der Waals surface area contributed by atoms with Gasteiger partial charge in [-0.2, -0.15) is 0 Å². The largest absolute Gasteiger partial charge is 0.383 e. The highest BCUT2D eigenvalue weighted by molar-refractivity contribution is 5.85. The highest BCUT2D eigenvalue weighted by Crippen LogP contribution is 2.22. The maximum absolute atomic E-state index is 11.1. The molecule has 0 aliphatic heterocycles. The highest BCUT2D eigenvalue weighted by Gasteiger charge is 2.15. The fourth-order valence-corrected chi connectivity index (χ4v) is 2.08. The van der Waals surface area contributed by atoms with Crippen LogP contribution in [0.2, 0.25) is 0 Å². The molecule has 0 N–H and O–H groups in total. The number of carbonyl (C=O) groups is 1. The molecule has 1 atom stereocenters. The predicted molar refractivity (Wildman–Crippen MR) is 70.9 cm³/mol. The van der Waals surface area contributed by atoms with Gasteiger partial charge in [0.1, 0.15) is 0 Å². The van der Waals surface area contributed by atoms with Crippen LogP contribution in [0.1, 0.15) is 29.8 Å². The second kappa shape index (κ2) is 6.40. The molecule has 0 fully saturated rings. The number of aryl methyl sites for hydroxylation is 1. The van der Waals surface area contributed by atoms with Crippen molar-refractivity contribution >= 4 is 12.0 Å². The topological polar surface area (TPSA) is 29.5 Å². The van der Waals surface area contributed by atoms with Gasteiger partial charge in [0.15, 0.2) is 6.29 Å². The van der Waals surface area contributed by atoms with E-state index in [1.807, 2.05) is 25.1 Å². The average Bonchev–Trinajstić information content (AvgIpc) is 2.32. The smallest absolute Gasteiger partial charge is 0.152 e. The Morgan fingerprint density at radius 2 is 2.18 bits per heavy atom. The lowest BCUT2D eigenvalue weighted by Crippen LogP contribution is -2.36. The summed E-state index contributed by atoms with van der Waals surface area (Å²) in [6.07, 6.45) is 0.921. The van der Waals surface area contributed by atoms with E-state index < -0.39 is 0 Å². The minimum Gasteiger partial charge on any atom is -0.383 e. The first-order chi connectivity index (χ1) is 8.13. The summed E-state index contributed by atoms with van der Waals surface area (Å²) in [5, 5.41) is 0. The Labute approximate surface area is 103 Å². The summed E-state index contributed by atoms with van der Waals surface area (Å²) in [6, 6.07) is 6.22. The summed E-state index contributed by atoms with van der Waals surface area (Å²) in [5.41, 5.74) is 2.83. The lowest BCUT2D eigenvalue weighted by molar-refractivity contribution is 0.112. The molecular weight excluding hydrogens is 214 g/mol. The maximum Gasteiger partial charge on any atom is 0.152 e. The van der Waals surface area contributed by atoms with Gasteiger partial charge in [-0.25, -0.2) is 0 Å². The lowest BCUT2D eigenvalue weighted by atomic mass is 10.1. The second-order valence-corrected chi connectivity index (χ2v) is 4.27. The van der Waals surface area contributed by atoms with Gasteiger partial charge in [-0.1, -0.05) is 11.6 Å². The zero-order valence-corrected chi connectivity index (χ0v) is 11.1.